The van der Waals surface area contributed by atoms with Gasteiger partial charge in [0.15, 0.2) is 0 Å². The van der Waals surface area contributed by atoms with Crippen molar-refractivity contribution >= 4 is 24.4 Å². The number of aromatic nitrogens is 2. The van der Waals surface area contributed by atoms with Gasteiger partial charge >= 0.3 is 7.12 Å². The molecular formula is C14H22BN3O3. The van der Waals surface area contributed by atoms with Gasteiger partial charge in [-0.1, -0.05) is 0 Å². The fraction of sp³-hybridized carbons (Fsp3) is 0.643. The maximum absolute atomic E-state index is 11.5. The van der Waals surface area contributed by atoms with Crippen molar-refractivity contribution in [2.75, 3.05) is 11.4 Å². The summed E-state index contributed by atoms with van der Waals surface area (Å²) in [6.07, 6.45) is 3.30. The lowest BCUT2D eigenvalue weighted by atomic mass is 9.81. The smallest absolute Gasteiger partial charge is 0.399 e. The second-order valence-electron chi connectivity index (χ2n) is 6.17. The minimum atomic E-state index is -0.489. The summed E-state index contributed by atoms with van der Waals surface area (Å²) in [5.74, 6) is 0.311. The highest BCUT2D eigenvalue weighted by atomic mass is 16.7. The van der Waals surface area contributed by atoms with Crippen LogP contribution >= 0.6 is 0 Å². The van der Waals surface area contributed by atoms with Crippen LogP contribution < -0.4 is 10.4 Å². The normalized spacial score (nSPS) is 19.6. The van der Waals surface area contributed by atoms with E-state index >= 15 is 0 Å². The fourth-order valence-corrected chi connectivity index (χ4v) is 2.08. The second-order valence-corrected chi connectivity index (χ2v) is 6.17. The Morgan fingerprint density at radius 2 is 1.67 bits per heavy atom. The molecule has 1 aliphatic heterocycles. The molecule has 114 valence electrons. The summed E-state index contributed by atoms with van der Waals surface area (Å²) in [4.78, 5) is 21.5. The number of nitrogens with zero attached hydrogens (tertiary/aromatic N) is 3. The fourth-order valence-electron chi connectivity index (χ4n) is 2.08. The average molecular weight is 291 g/mol. The van der Waals surface area contributed by atoms with Crippen LogP contribution in [0.4, 0.5) is 5.95 Å². The Bertz CT molecular complexity index is 515. The molecule has 0 radical (unpaired) electrons. The second kappa shape index (κ2) is 5.38. The van der Waals surface area contributed by atoms with Crippen molar-refractivity contribution in [2.45, 2.75) is 52.7 Å². The van der Waals surface area contributed by atoms with Gasteiger partial charge in [0.1, 0.15) is 0 Å². The lowest BCUT2D eigenvalue weighted by molar-refractivity contribution is -0.116. The molecule has 1 aliphatic rings. The standard InChI is InChI=1S/C14H22BN3O3/c1-7-18(10(2)19)12-16-8-11(9-17-12)15-20-13(3,4)14(5,6)21-15/h8-9H,7H2,1-6H3. The van der Waals surface area contributed by atoms with Crippen LogP contribution in [0, 0.1) is 0 Å². The van der Waals surface area contributed by atoms with Gasteiger partial charge in [0.05, 0.1) is 11.2 Å². The molecule has 1 saturated heterocycles. The van der Waals surface area contributed by atoms with Crippen molar-refractivity contribution in [1.82, 2.24) is 9.97 Å². The van der Waals surface area contributed by atoms with Crippen molar-refractivity contribution in [3.8, 4) is 0 Å². The topological polar surface area (TPSA) is 64.6 Å². The van der Waals surface area contributed by atoms with E-state index in [1.54, 1.807) is 12.4 Å². The van der Waals surface area contributed by atoms with Crippen LogP contribution in [0.25, 0.3) is 0 Å². The summed E-state index contributed by atoms with van der Waals surface area (Å²) in [7, 11) is -0.489. The first-order valence-electron chi connectivity index (χ1n) is 7.13. The number of amides is 1. The predicted molar refractivity (Wildman–Crippen MR) is 81.4 cm³/mol. The van der Waals surface area contributed by atoms with Gasteiger partial charge in [-0.3, -0.25) is 9.69 Å². The van der Waals surface area contributed by atoms with Gasteiger partial charge in [-0.05, 0) is 34.6 Å². The molecule has 0 aromatic carbocycles. The highest BCUT2D eigenvalue weighted by Crippen LogP contribution is 2.36. The molecule has 2 rings (SSSR count). The van der Waals surface area contributed by atoms with E-state index in [2.05, 4.69) is 9.97 Å². The molecule has 0 atom stereocenters. The van der Waals surface area contributed by atoms with Gasteiger partial charge in [-0.25, -0.2) is 9.97 Å². The first-order valence-corrected chi connectivity index (χ1v) is 7.13. The maximum Gasteiger partial charge on any atom is 0.498 e. The quantitative estimate of drug-likeness (QED) is 0.782. The van der Waals surface area contributed by atoms with Gasteiger partial charge in [-0.15, -0.1) is 0 Å². The van der Waals surface area contributed by atoms with Crippen LogP contribution in [0.3, 0.4) is 0 Å². The van der Waals surface area contributed by atoms with Crippen molar-refractivity contribution in [1.29, 1.82) is 0 Å². The molecule has 1 amide bonds. The number of hydrogen-bond acceptors (Lipinski definition) is 5. The van der Waals surface area contributed by atoms with E-state index in [-0.39, 0.29) is 5.91 Å². The first-order chi connectivity index (χ1) is 9.68. The van der Waals surface area contributed by atoms with Gasteiger partial charge < -0.3 is 9.31 Å². The summed E-state index contributed by atoms with van der Waals surface area (Å²) in [6, 6.07) is 0. The molecular weight excluding hydrogens is 269 g/mol. The molecule has 7 heteroatoms. The van der Waals surface area contributed by atoms with Gasteiger partial charge in [0.25, 0.3) is 0 Å². The molecule has 2 heterocycles. The first kappa shape index (κ1) is 15.9. The lowest BCUT2D eigenvalue weighted by Crippen LogP contribution is -2.41. The van der Waals surface area contributed by atoms with Gasteiger partial charge in [0.2, 0.25) is 11.9 Å². The molecule has 0 N–H and O–H groups in total. The summed E-state index contributed by atoms with van der Waals surface area (Å²) in [5.41, 5.74) is -0.0481. The van der Waals surface area contributed by atoms with Crippen LogP contribution in [0.2, 0.25) is 0 Å². The van der Waals surface area contributed by atoms with E-state index in [1.165, 1.54) is 11.8 Å². The molecule has 0 unspecified atom stereocenters. The van der Waals surface area contributed by atoms with E-state index in [4.69, 9.17) is 9.31 Å². The van der Waals surface area contributed by atoms with E-state index < -0.39 is 18.3 Å². The Morgan fingerprint density at radius 1 is 1.19 bits per heavy atom. The molecule has 0 aliphatic carbocycles. The molecule has 6 nitrogen and oxygen atoms in total. The summed E-state index contributed by atoms with van der Waals surface area (Å²) >= 11 is 0. The third-order valence-corrected chi connectivity index (χ3v) is 4.12. The number of carbonyl (C=O) groups is 1. The minimum Gasteiger partial charge on any atom is -0.399 e. The Balaban J connectivity index is 2.19. The largest absolute Gasteiger partial charge is 0.498 e. The van der Waals surface area contributed by atoms with Crippen molar-refractivity contribution in [3.05, 3.63) is 12.4 Å². The third-order valence-electron chi connectivity index (χ3n) is 4.12. The van der Waals surface area contributed by atoms with Crippen molar-refractivity contribution in [3.63, 3.8) is 0 Å². The van der Waals surface area contributed by atoms with Crippen molar-refractivity contribution < 1.29 is 14.1 Å². The molecule has 1 fully saturated rings. The summed E-state index contributed by atoms with van der Waals surface area (Å²) in [6.45, 7) is 11.9. The Labute approximate surface area is 126 Å². The molecule has 21 heavy (non-hydrogen) atoms. The van der Waals surface area contributed by atoms with E-state index in [9.17, 15) is 4.79 Å². The summed E-state index contributed by atoms with van der Waals surface area (Å²) < 4.78 is 11.9. The maximum atomic E-state index is 11.5. The zero-order chi connectivity index (χ0) is 15.8. The Kier molecular flexibility index (Phi) is 4.08. The summed E-state index contributed by atoms with van der Waals surface area (Å²) in [5, 5.41) is 0. The molecule has 0 bridgehead atoms. The molecule has 0 saturated carbocycles. The Hall–Kier alpha value is -1.47. The van der Waals surface area contributed by atoms with E-state index in [0.717, 1.165) is 5.46 Å². The average Bonchev–Trinajstić information content (AvgIpc) is 2.59. The molecule has 1 aromatic rings. The third kappa shape index (κ3) is 2.94. The number of hydrogen-bond donors (Lipinski definition) is 0. The van der Waals surface area contributed by atoms with Crippen LogP contribution in [-0.2, 0) is 14.1 Å². The zero-order valence-electron chi connectivity index (χ0n) is 13.5. The van der Waals surface area contributed by atoms with Gasteiger partial charge in [0, 0.05) is 31.3 Å². The lowest BCUT2D eigenvalue weighted by Gasteiger charge is -2.32. The van der Waals surface area contributed by atoms with Crippen LogP contribution in [-0.4, -0.2) is 40.7 Å². The highest BCUT2D eigenvalue weighted by molar-refractivity contribution is 6.61. The van der Waals surface area contributed by atoms with Crippen LogP contribution in [0.5, 0.6) is 0 Å². The van der Waals surface area contributed by atoms with E-state index in [0.29, 0.717) is 12.5 Å². The number of rotatable bonds is 3. The molecule has 0 spiro atoms. The van der Waals surface area contributed by atoms with Crippen LogP contribution in [0.1, 0.15) is 41.5 Å². The Morgan fingerprint density at radius 3 is 2.05 bits per heavy atom. The number of carbonyl (C=O) groups excluding carboxylic acids is 1. The van der Waals surface area contributed by atoms with Crippen molar-refractivity contribution in [2.24, 2.45) is 0 Å². The predicted octanol–water partition coefficient (Wildman–Crippen LogP) is 1.15. The minimum absolute atomic E-state index is 0.0825. The molecule has 1 aromatic heterocycles. The monoisotopic (exact) mass is 291 g/mol. The zero-order valence-corrected chi connectivity index (χ0v) is 13.5. The van der Waals surface area contributed by atoms with Crippen LogP contribution in [0.15, 0.2) is 12.4 Å². The van der Waals surface area contributed by atoms with Gasteiger partial charge in [-0.2, -0.15) is 0 Å². The highest BCUT2D eigenvalue weighted by Gasteiger charge is 2.51. The number of anilines is 1. The SMILES string of the molecule is CCN(C(C)=O)c1ncc(B2OC(C)(C)C(C)(C)O2)cn1. The van der Waals surface area contributed by atoms with E-state index in [1.807, 2.05) is 34.6 Å².